The lowest BCUT2D eigenvalue weighted by Gasteiger charge is -2.34. The molecule has 0 atom stereocenters. The van der Waals surface area contributed by atoms with Gasteiger partial charge in [0, 0.05) is 38.2 Å². The third-order valence-electron chi connectivity index (χ3n) is 4.58. The summed E-state index contributed by atoms with van der Waals surface area (Å²) >= 11 is 0. The number of ketones is 1. The van der Waals surface area contributed by atoms with Crippen LogP contribution in [0.5, 0.6) is 0 Å². The maximum absolute atomic E-state index is 12.6. The molecule has 1 fully saturated rings. The second-order valence-electron chi connectivity index (χ2n) is 6.58. The molecule has 0 bridgehead atoms. The molecular formula is C18H22N6O3. The zero-order valence-electron chi connectivity index (χ0n) is 15.2. The van der Waals surface area contributed by atoms with Crippen LogP contribution in [0.2, 0.25) is 0 Å². The van der Waals surface area contributed by atoms with Crippen LogP contribution in [0, 0.1) is 0 Å². The maximum Gasteiger partial charge on any atom is 0.253 e. The number of amides is 2. The molecule has 9 nitrogen and oxygen atoms in total. The van der Waals surface area contributed by atoms with Crippen LogP contribution in [0.1, 0.15) is 35.1 Å². The number of benzene rings is 1. The van der Waals surface area contributed by atoms with E-state index in [0.29, 0.717) is 50.4 Å². The van der Waals surface area contributed by atoms with Gasteiger partial charge in [0.25, 0.3) is 5.91 Å². The third-order valence-corrected chi connectivity index (χ3v) is 4.58. The Morgan fingerprint density at radius 2 is 1.70 bits per heavy atom. The molecule has 2 aromatic rings. The highest BCUT2D eigenvalue weighted by Crippen LogP contribution is 2.12. The minimum Gasteiger partial charge on any atom is -0.339 e. The Kier molecular flexibility index (Phi) is 5.90. The van der Waals surface area contributed by atoms with Crippen molar-refractivity contribution in [1.29, 1.82) is 0 Å². The van der Waals surface area contributed by atoms with Crippen molar-refractivity contribution in [2.24, 2.45) is 0 Å². The molecule has 1 N–H and O–H groups in total. The van der Waals surface area contributed by atoms with E-state index in [-0.39, 0.29) is 24.0 Å². The molecule has 1 aliphatic heterocycles. The lowest BCUT2D eigenvalue weighted by atomic mass is 10.1. The number of hydrogen-bond donors (Lipinski definition) is 1. The summed E-state index contributed by atoms with van der Waals surface area (Å²) in [6.07, 6.45) is 1.30. The molecule has 0 radical (unpaired) electrons. The van der Waals surface area contributed by atoms with Gasteiger partial charge in [-0.2, -0.15) is 5.21 Å². The van der Waals surface area contributed by atoms with E-state index in [0.717, 1.165) is 5.56 Å². The number of Topliss-reactive ketones (excluding diaryl/α,β-unsaturated/α-hetero) is 1. The summed E-state index contributed by atoms with van der Waals surface area (Å²) in [5, 5.41) is 13.3. The van der Waals surface area contributed by atoms with E-state index < -0.39 is 0 Å². The number of piperazine rings is 1. The van der Waals surface area contributed by atoms with E-state index in [1.165, 1.54) is 0 Å². The first kappa shape index (κ1) is 18.7. The van der Waals surface area contributed by atoms with Crippen LogP contribution in [0.15, 0.2) is 24.3 Å². The van der Waals surface area contributed by atoms with E-state index in [4.69, 9.17) is 0 Å². The third kappa shape index (κ3) is 4.96. The number of rotatable bonds is 6. The number of hydrogen-bond acceptors (Lipinski definition) is 6. The predicted octanol–water partition coefficient (Wildman–Crippen LogP) is 0.248. The first-order valence-corrected chi connectivity index (χ1v) is 8.90. The number of nitrogens with one attached hydrogen (secondary N) is 1. The van der Waals surface area contributed by atoms with E-state index in [1.54, 1.807) is 28.9 Å². The minimum absolute atomic E-state index is 0.0432. The Bertz CT molecular complexity index is 795. The predicted molar refractivity (Wildman–Crippen MR) is 95.8 cm³/mol. The maximum atomic E-state index is 12.6. The summed E-state index contributed by atoms with van der Waals surface area (Å²) < 4.78 is 0. The second kappa shape index (κ2) is 8.52. The van der Waals surface area contributed by atoms with E-state index in [9.17, 15) is 14.4 Å². The number of H-pyrrole nitrogens is 1. The average molecular weight is 370 g/mol. The highest BCUT2D eigenvalue weighted by Gasteiger charge is 2.25. The molecule has 1 aliphatic rings. The average Bonchev–Trinajstić information content (AvgIpc) is 3.19. The molecule has 0 aliphatic carbocycles. The minimum atomic E-state index is -0.0710. The van der Waals surface area contributed by atoms with Gasteiger partial charge in [0.2, 0.25) is 5.91 Å². The zero-order valence-corrected chi connectivity index (χ0v) is 15.2. The standard InChI is InChI=1S/C18H22N6O3/c1-13(25)2-3-14-4-6-15(7-5-14)18(27)24-10-8-23(9-11-24)17(26)12-16-19-21-22-20-16/h4-7H,2-3,8-12H2,1H3,(H,19,20,21,22). The van der Waals surface area contributed by atoms with E-state index >= 15 is 0 Å². The number of carbonyl (C=O) groups excluding carboxylic acids is 3. The van der Waals surface area contributed by atoms with Gasteiger partial charge in [0.1, 0.15) is 5.78 Å². The Labute approximate surface area is 156 Å². The van der Waals surface area contributed by atoms with Gasteiger partial charge in [-0.25, -0.2) is 0 Å². The Morgan fingerprint density at radius 1 is 1.04 bits per heavy atom. The summed E-state index contributed by atoms with van der Waals surface area (Å²) in [6.45, 7) is 3.52. The monoisotopic (exact) mass is 370 g/mol. The van der Waals surface area contributed by atoms with Crippen LogP contribution >= 0.6 is 0 Å². The summed E-state index contributed by atoms with van der Waals surface area (Å²) in [7, 11) is 0. The lowest BCUT2D eigenvalue weighted by molar-refractivity contribution is -0.132. The van der Waals surface area contributed by atoms with Gasteiger partial charge in [-0.3, -0.25) is 9.59 Å². The van der Waals surface area contributed by atoms with Crippen molar-refractivity contribution in [1.82, 2.24) is 30.4 Å². The Morgan fingerprint density at radius 3 is 2.30 bits per heavy atom. The van der Waals surface area contributed by atoms with Crippen molar-refractivity contribution < 1.29 is 14.4 Å². The van der Waals surface area contributed by atoms with Crippen LogP contribution in [-0.2, 0) is 22.4 Å². The fourth-order valence-corrected chi connectivity index (χ4v) is 2.98. The molecule has 0 unspecified atom stereocenters. The van der Waals surface area contributed by atoms with Gasteiger partial charge in [-0.15, -0.1) is 10.2 Å². The zero-order chi connectivity index (χ0) is 19.2. The lowest BCUT2D eigenvalue weighted by Crippen LogP contribution is -2.51. The molecule has 1 aromatic carbocycles. The van der Waals surface area contributed by atoms with Crippen molar-refractivity contribution in [2.45, 2.75) is 26.2 Å². The van der Waals surface area contributed by atoms with Crippen molar-refractivity contribution >= 4 is 17.6 Å². The highest BCUT2D eigenvalue weighted by molar-refractivity contribution is 5.94. The first-order valence-electron chi connectivity index (χ1n) is 8.90. The molecule has 2 amide bonds. The smallest absolute Gasteiger partial charge is 0.253 e. The number of tetrazole rings is 1. The van der Waals surface area contributed by atoms with E-state index in [1.807, 2.05) is 12.1 Å². The van der Waals surface area contributed by atoms with Crippen LogP contribution in [0.25, 0.3) is 0 Å². The molecule has 142 valence electrons. The summed E-state index contributed by atoms with van der Waals surface area (Å²) in [5.74, 6) is 0.405. The number of nitrogens with zero attached hydrogens (tertiary/aromatic N) is 5. The molecule has 27 heavy (non-hydrogen) atoms. The van der Waals surface area contributed by atoms with Crippen molar-refractivity contribution in [3.8, 4) is 0 Å². The van der Waals surface area contributed by atoms with Crippen LogP contribution in [0.4, 0.5) is 0 Å². The van der Waals surface area contributed by atoms with Crippen LogP contribution in [-0.4, -0.2) is 74.2 Å². The molecule has 1 aromatic heterocycles. The van der Waals surface area contributed by atoms with Gasteiger partial charge in [0.05, 0.1) is 6.42 Å². The quantitative estimate of drug-likeness (QED) is 0.780. The number of carbonyl (C=O) groups is 3. The summed E-state index contributed by atoms with van der Waals surface area (Å²) in [5.41, 5.74) is 1.66. The van der Waals surface area contributed by atoms with E-state index in [2.05, 4.69) is 20.6 Å². The second-order valence-corrected chi connectivity index (χ2v) is 6.58. The fourth-order valence-electron chi connectivity index (χ4n) is 2.98. The van der Waals surface area contributed by atoms with Crippen LogP contribution < -0.4 is 0 Å². The van der Waals surface area contributed by atoms with Gasteiger partial charge in [0.15, 0.2) is 5.82 Å². The molecule has 2 heterocycles. The topological polar surface area (TPSA) is 112 Å². The first-order chi connectivity index (χ1) is 13.0. The fraction of sp³-hybridized carbons (Fsp3) is 0.444. The number of aromatic amines is 1. The molecule has 0 saturated carbocycles. The largest absolute Gasteiger partial charge is 0.339 e. The molecule has 1 saturated heterocycles. The Balaban J connectivity index is 1.50. The molecular weight excluding hydrogens is 348 g/mol. The van der Waals surface area contributed by atoms with Crippen LogP contribution in [0.3, 0.4) is 0 Å². The molecule has 0 spiro atoms. The number of aryl methyl sites for hydroxylation is 1. The molecule has 3 rings (SSSR count). The summed E-state index contributed by atoms with van der Waals surface area (Å²) in [6, 6.07) is 7.37. The van der Waals surface area contributed by atoms with Crippen molar-refractivity contribution in [3.05, 3.63) is 41.2 Å². The number of aromatic nitrogens is 4. The highest BCUT2D eigenvalue weighted by atomic mass is 16.2. The Hall–Kier alpha value is -3.10. The van der Waals surface area contributed by atoms with Gasteiger partial charge in [-0.05, 0) is 31.0 Å². The van der Waals surface area contributed by atoms with Gasteiger partial charge >= 0.3 is 0 Å². The van der Waals surface area contributed by atoms with Gasteiger partial charge in [-0.1, -0.05) is 17.3 Å². The van der Waals surface area contributed by atoms with Crippen molar-refractivity contribution in [2.75, 3.05) is 26.2 Å². The van der Waals surface area contributed by atoms with Crippen molar-refractivity contribution in [3.63, 3.8) is 0 Å². The molecule has 9 heteroatoms. The van der Waals surface area contributed by atoms with Gasteiger partial charge < -0.3 is 14.6 Å². The normalized spacial score (nSPS) is 14.3. The summed E-state index contributed by atoms with van der Waals surface area (Å²) in [4.78, 5) is 39.4. The SMILES string of the molecule is CC(=O)CCc1ccc(C(=O)N2CCN(C(=O)Cc3nn[nH]n3)CC2)cc1.